The van der Waals surface area contributed by atoms with Gasteiger partial charge in [0.15, 0.2) is 5.58 Å². The van der Waals surface area contributed by atoms with Crippen LogP contribution < -0.4 is 9.80 Å². The van der Waals surface area contributed by atoms with E-state index < -0.39 is 0 Å². The van der Waals surface area contributed by atoms with Crippen molar-refractivity contribution in [3.8, 4) is 11.5 Å². The van der Waals surface area contributed by atoms with Crippen LogP contribution in [0.15, 0.2) is 92.7 Å². The highest BCUT2D eigenvalue weighted by Crippen LogP contribution is 2.39. The van der Waals surface area contributed by atoms with Gasteiger partial charge in [-0.1, -0.05) is 28.1 Å². The van der Waals surface area contributed by atoms with Crippen LogP contribution in [0.4, 0.5) is 17.1 Å². The lowest BCUT2D eigenvalue weighted by atomic mass is 10.0. The molecule has 5 aromatic rings. The Kier molecular flexibility index (Phi) is 4.96. The first-order valence-corrected chi connectivity index (χ1v) is 12.8. The highest BCUT2D eigenvalue weighted by atomic mass is 79.9. The summed E-state index contributed by atoms with van der Waals surface area (Å²) in [6.45, 7) is 4.82. The van der Waals surface area contributed by atoms with Gasteiger partial charge in [-0.25, -0.2) is 4.98 Å². The molecule has 0 amide bonds. The molecular weight excluding hydrogens is 512 g/mol. The van der Waals surface area contributed by atoms with Crippen LogP contribution in [0.1, 0.15) is 22.3 Å². The molecule has 2 bridgehead atoms. The summed E-state index contributed by atoms with van der Waals surface area (Å²) < 4.78 is 7.06. The van der Waals surface area contributed by atoms with E-state index in [4.69, 9.17) is 9.41 Å². The second-order valence-electron chi connectivity index (χ2n) is 9.49. The topological polar surface area (TPSA) is 44.9 Å². The fourth-order valence-electron chi connectivity index (χ4n) is 5.15. The van der Waals surface area contributed by atoms with Gasteiger partial charge >= 0.3 is 0 Å². The third kappa shape index (κ3) is 3.78. The highest BCUT2D eigenvalue weighted by Gasteiger charge is 2.29. The van der Waals surface area contributed by atoms with Crippen LogP contribution in [0.25, 0.3) is 22.6 Å². The maximum Gasteiger partial charge on any atom is 0.227 e. The smallest absolute Gasteiger partial charge is 0.227 e. The number of oxazole rings is 1. The molecule has 1 aromatic heterocycles. The van der Waals surface area contributed by atoms with Crippen molar-refractivity contribution >= 4 is 50.3 Å². The van der Waals surface area contributed by atoms with Crippen LogP contribution in [0, 0.1) is 6.92 Å². The largest absolute Gasteiger partial charge is 0.436 e. The third-order valence-corrected chi connectivity index (χ3v) is 7.40. The lowest BCUT2D eigenvalue weighted by Crippen LogP contribution is -2.46. The molecule has 3 heterocycles. The summed E-state index contributed by atoms with van der Waals surface area (Å²) in [7, 11) is 0. The van der Waals surface area contributed by atoms with Crippen LogP contribution in [-0.4, -0.2) is 17.9 Å². The zero-order chi connectivity index (χ0) is 24.2. The first-order valence-electron chi connectivity index (χ1n) is 12.0. The number of fused-ring (bicyclic) bond motifs is 7. The maximum absolute atomic E-state index is 5.93. The molecule has 0 aliphatic carbocycles. The maximum atomic E-state index is 5.93. The van der Waals surface area contributed by atoms with E-state index in [1.165, 1.54) is 28.1 Å². The molecule has 7 rings (SSSR count). The Labute approximate surface area is 217 Å². The van der Waals surface area contributed by atoms with Gasteiger partial charge in [0, 0.05) is 40.7 Å². The van der Waals surface area contributed by atoms with Crippen molar-refractivity contribution in [2.24, 2.45) is 4.99 Å². The van der Waals surface area contributed by atoms with Crippen LogP contribution in [0.2, 0.25) is 0 Å². The molecule has 0 unspecified atom stereocenters. The lowest BCUT2D eigenvalue weighted by Gasteiger charge is -2.44. The van der Waals surface area contributed by atoms with Gasteiger partial charge in [-0.2, -0.15) is 0 Å². The van der Waals surface area contributed by atoms with E-state index in [-0.39, 0.29) is 0 Å². The molecule has 0 spiro atoms. The van der Waals surface area contributed by atoms with Crippen molar-refractivity contribution in [1.29, 1.82) is 0 Å². The Bertz CT molecular complexity index is 1650. The number of anilines is 2. The normalized spacial score (nSPS) is 14.4. The summed E-state index contributed by atoms with van der Waals surface area (Å²) >= 11 is 3.61. The number of nitrogens with zero attached hydrogens (tertiary/aromatic N) is 4. The van der Waals surface area contributed by atoms with Crippen molar-refractivity contribution in [3.05, 3.63) is 106 Å². The number of halogens is 1. The van der Waals surface area contributed by atoms with Gasteiger partial charge in [0.05, 0.1) is 12.4 Å². The van der Waals surface area contributed by atoms with Gasteiger partial charge in [0.2, 0.25) is 5.89 Å². The number of aliphatic imine (C=N–C) groups is 1. The monoisotopic (exact) mass is 534 g/mol. The minimum Gasteiger partial charge on any atom is -0.436 e. The Morgan fingerprint density at radius 2 is 1.61 bits per heavy atom. The first kappa shape index (κ1) is 21.4. The fraction of sp³-hybridized carbons (Fsp3) is 0.133. The molecular formula is C30H23BrN4O. The van der Waals surface area contributed by atoms with Crippen LogP contribution in [0.3, 0.4) is 0 Å². The first-order chi connectivity index (χ1) is 17.6. The van der Waals surface area contributed by atoms with Crippen molar-refractivity contribution in [2.45, 2.75) is 20.0 Å². The average Bonchev–Trinajstić information content (AvgIpc) is 3.31. The Balaban J connectivity index is 1.11. The molecule has 0 saturated carbocycles. The van der Waals surface area contributed by atoms with E-state index in [0.717, 1.165) is 52.1 Å². The molecule has 0 N–H and O–H groups in total. The summed E-state index contributed by atoms with van der Waals surface area (Å²) in [5, 5.41) is 0. The molecule has 0 atom stereocenters. The quantitative estimate of drug-likeness (QED) is 0.223. The second kappa shape index (κ2) is 8.35. The molecule has 5 nitrogen and oxygen atoms in total. The average molecular weight is 535 g/mol. The fourth-order valence-corrected chi connectivity index (χ4v) is 5.56. The van der Waals surface area contributed by atoms with E-state index in [9.17, 15) is 0 Å². The molecule has 176 valence electrons. The van der Waals surface area contributed by atoms with Crippen molar-refractivity contribution in [3.63, 3.8) is 0 Å². The van der Waals surface area contributed by atoms with Crippen molar-refractivity contribution in [1.82, 2.24) is 4.98 Å². The van der Waals surface area contributed by atoms with Gasteiger partial charge in [0.25, 0.3) is 0 Å². The summed E-state index contributed by atoms with van der Waals surface area (Å²) in [5.74, 6) is 0.630. The van der Waals surface area contributed by atoms with Crippen LogP contribution in [0.5, 0.6) is 0 Å². The summed E-state index contributed by atoms with van der Waals surface area (Å²) in [6.07, 6.45) is 1.94. The molecule has 2 aliphatic heterocycles. The Morgan fingerprint density at radius 1 is 0.861 bits per heavy atom. The second-order valence-corrected chi connectivity index (χ2v) is 10.4. The minimum atomic E-state index is 0.630. The molecule has 4 aromatic carbocycles. The zero-order valence-electron chi connectivity index (χ0n) is 19.8. The van der Waals surface area contributed by atoms with Gasteiger partial charge in [0.1, 0.15) is 5.52 Å². The van der Waals surface area contributed by atoms with Crippen LogP contribution >= 0.6 is 15.9 Å². The molecule has 0 saturated heterocycles. The number of hydrogen-bond donors (Lipinski definition) is 0. The molecule has 2 aliphatic rings. The summed E-state index contributed by atoms with van der Waals surface area (Å²) in [5.41, 5.74) is 11.1. The number of hydrogen-bond acceptors (Lipinski definition) is 5. The number of aromatic nitrogens is 1. The van der Waals surface area contributed by atoms with E-state index in [1.807, 2.05) is 48.7 Å². The zero-order valence-corrected chi connectivity index (χ0v) is 21.4. The highest BCUT2D eigenvalue weighted by molar-refractivity contribution is 9.10. The van der Waals surface area contributed by atoms with Crippen molar-refractivity contribution in [2.75, 3.05) is 16.5 Å². The van der Waals surface area contributed by atoms with Gasteiger partial charge in [-0.15, -0.1) is 0 Å². The number of rotatable bonds is 3. The van der Waals surface area contributed by atoms with Crippen LogP contribution in [-0.2, 0) is 13.1 Å². The van der Waals surface area contributed by atoms with E-state index in [1.54, 1.807) is 0 Å². The predicted molar refractivity (Wildman–Crippen MR) is 149 cm³/mol. The SMILES string of the molecule is Cc1ccc2oc(-c3ccc(/N=C/c4ccc5c(c4)CN4CN5Cc5cc(Br)ccc54)cc3)nc2c1. The van der Waals surface area contributed by atoms with Crippen molar-refractivity contribution < 1.29 is 4.42 Å². The van der Waals surface area contributed by atoms with Gasteiger partial charge in [-0.05, 0) is 95.9 Å². The number of benzene rings is 4. The Hall–Kier alpha value is -3.90. The lowest BCUT2D eigenvalue weighted by molar-refractivity contribution is 0.620. The molecule has 0 fully saturated rings. The summed E-state index contributed by atoms with van der Waals surface area (Å²) in [6, 6.07) is 27.3. The molecule has 0 radical (unpaired) electrons. The third-order valence-electron chi connectivity index (χ3n) is 6.91. The van der Waals surface area contributed by atoms with Gasteiger partial charge in [-0.3, -0.25) is 4.99 Å². The minimum absolute atomic E-state index is 0.630. The molecule has 36 heavy (non-hydrogen) atoms. The predicted octanol–water partition coefficient (Wildman–Crippen LogP) is 7.61. The summed E-state index contributed by atoms with van der Waals surface area (Å²) in [4.78, 5) is 14.2. The van der Waals surface area contributed by atoms with E-state index in [0.29, 0.717) is 5.89 Å². The standard InChI is InChI=1S/C30H23BrN4O/c1-19-2-11-29-26(12-19)33-30(36-29)21-4-7-25(8-5-21)32-15-20-3-9-27-22(13-20)16-34-18-35(27)17-23-14-24(31)6-10-28(23)34/h2-15H,16-18H2,1H3/b32-15+. The Morgan fingerprint density at radius 3 is 2.42 bits per heavy atom. The van der Waals surface area contributed by atoms with Gasteiger partial charge < -0.3 is 14.2 Å². The van der Waals surface area contributed by atoms with E-state index in [2.05, 4.69) is 74.0 Å². The molecule has 6 heteroatoms. The number of aryl methyl sites for hydroxylation is 1. The van der Waals surface area contributed by atoms with E-state index >= 15 is 0 Å².